The smallest absolute Gasteiger partial charge is 0.175 e. The first-order chi connectivity index (χ1) is 9.70. The average molecular weight is 281 g/mol. The number of Topliss-reactive ketones (excluding diaryl/α,β-unsaturated/α-hetero) is 1. The number of carbonyl (C=O) groups excluding carboxylic acids is 1. The molecule has 0 aliphatic heterocycles. The van der Waals surface area contributed by atoms with Crippen LogP contribution < -0.4 is 0 Å². The van der Waals surface area contributed by atoms with Crippen molar-refractivity contribution in [1.29, 1.82) is 5.26 Å². The van der Waals surface area contributed by atoms with Crippen LogP contribution in [0.25, 0.3) is 0 Å². The molecule has 3 heteroatoms. The Labute approximate surface area is 123 Å². The van der Waals surface area contributed by atoms with Crippen LogP contribution in [0.15, 0.2) is 54.6 Å². The number of carbonyl (C=O) groups is 1. The van der Waals surface area contributed by atoms with Gasteiger partial charge in [0.1, 0.15) is 0 Å². The number of hydrogen-bond donors (Lipinski definition) is 0. The van der Waals surface area contributed by atoms with Gasteiger partial charge in [-0.05, 0) is 24.6 Å². The monoisotopic (exact) mass is 281 g/mol. The molecule has 0 N–H and O–H groups in total. The standard InChI is InChI=1S/C17H15NOS/c1-13(17(19)16-8-3-2-4-9-16)20-12-15-7-5-6-14(10-15)11-18/h2-10,13H,12H2,1H3. The van der Waals surface area contributed by atoms with Gasteiger partial charge in [0.2, 0.25) is 0 Å². The quantitative estimate of drug-likeness (QED) is 0.776. The third-order valence-corrected chi connectivity index (χ3v) is 4.20. The van der Waals surface area contributed by atoms with Gasteiger partial charge >= 0.3 is 0 Å². The van der Waals surface area contributed by atoms with Gasteiger partial charge in [0.25, 0.3) is 0 Å². The molecule has 2 aromatic rings. The fourth-order valence-electron chi connectivity index (χ4n) is 1.86. The number of hydrogen-bond acceptors (Lipinski definition) is 3. The van der Waals surface area contributed by atoms with Crippen LogP contribution in [0.5, 0.6) is 0 Å². The minimum atomic E-state index is -0.0943. The lowest BCUT2D eigenvalue weighted by molar-refractivity contribution is 0.0994. The zero-order valence-corrected chi connectivity index (χ0v) is 12.1. The second-order valence-electron chi connectivity index (χ2n) is 4.50. The maximum Gasteiger partial charge on any atom is 0.175 e. The Morgan fingerprint density at radius 2 is 1.95 bits per heavy atom. The average Bonchev–Trinajstić information content (AvgIpc) is 2.53. The van der Waals surface area contributed by atoms with Crippen molar-refractivity contribution in [1.82, 2.24) is 0 Å². The fourth-order valence-corrected chi connectivity index (χ4v) is 2.77. The van der Waals surface area contributed by atoms with E-state index in [0.29, 0.717) is 5.56 Å². The number of rotatable bonds is 5. The van der Waals surface area contributed by atoms with Crippen LogP contribution in [0.2, 0.25) is 0 Å². The van der Waals surface area contributed by atoms with Crippen LogP contribution in [0.1, 0.15) is 28.4 Å². The molecule has 0 amide bonds. The molecule has 1 unspecified atom stereocenters. The number of nitrogens with zero attached hydrogens (tertiary/aromatic N) is 1. The van der Waals surface area contributed by atoms with Crippen molar-refractivity contribution >= 4 is 17.5 Å². The van der Waals surface area contributed by atoms with E-state index in [1.54, 1.807) is 17.8 Å². The summed E-state index contributed by atoms with van der Waals surface area (Å²) < 4.78 is 0. The molecule has 0 heterocycles. The first-order valence-electron chi connectivity index (χ1n) is 6.40. The summed E-state index contributed by atoms with van der Waals surface area (Å²) in [4.78, 5) is 12.2. The van der Waals surface area contributed by atoms with Gasteiger partial charge in [0.05, 0.1) is 16.9 Å². The lowest BCUT2D eigenvalue weighted by Gasteiger charge is -2.10. The zero-order valence-electron chi connectivity index (χ0n) is 11.2. The summed E-state index contributed by atoms with van der Waals surface area (Å²) in [5, 5.41) is 8.77. The Morgan fingerprint density at radius 1 is 1.20 bits per heavy atom. The van der Waals surface area contributed by atoms with Crippen molar-refractivity contribution < 1.29 is 4.79 Å². The second-order valence-corrected chi connectivity index (χ2v) is 5.82. The highest BCUT2D eigenvalue weighted by Crippen LogP contribution is 2.21. The minimum Gasteiger partial charge on any atom is -0.293 e. The molecule has 2 nitrogen and oxygen atoms in total. The van der Waals surface area contributed by atoms with E-state index in [0.717, 1.165) is 16.9 Å². The van der Waals surface area contributed by atoms with E-state index in [9.17, 15) is 4.79 Å². The highest BCUT2D eigenvalue weighted by atomic mass is 32.2. The molecule has 1 atom stereocenters. The van der Waals surface area contributed by atoms with Gasteiger partial charge in [-0.25, -0.2) is 0 Å². The molecule has 0 radical (unpaired) electrons. The molecule has 0 aliphatic rings. The van der Waals surface area contributed by atoms with Gasteiger partial charge in [0, 0.05) is 11.3 Å². The summed E-state index contributed by atoms with van der Waals surface area (Å²) in [5.74, 6) is 0.877. The van der Waals surface area contributed by atoms with Crippen LogP contribution in [0, 0.1) is 11.3 Å². The molecule has 2 rings (SSSR count). The summed E-state index contributed by atoms with van der Waals surface area (Å²) in [6, 6.07) is 19.0. The molecule has 0 fully saturated rings. The molecule has 2 aromatic carbocycles. The lowest BCUT2D eigenvalue weighted by Crippen LogP contribution is -2.13. The third kappa shape index (κ3) is 3.72. The number of nitriles is 1. The Bertz CT molecular complexity index is 631. The molecule has 0 aromatic heterocycles. The molecule has 0 aliphatic carbocycles. The van der Waals surface area contributed by atoms with E-state index in [1.165, 1.54) is 0 Å². The fraction of sp³-hybridized carbons (Fsp3) is 0.176. The second kappa shape index (κ2) is 6.93. The van der Waals surface area contributed by atoms with Gasteiger partial charge in [-0.1, -0.05) is 42.5 Å². The first kappa shape index (κ1) is 14.4. The Morgan fingerprint density at radius 3 is 2.65 bits per heavy atom. The van der Waals surface area contributed by atoms with Crippen LogP contribution in [0.3, 0.4) is 0 Å². The van der Waals surface area contributed by atoms with Gasteiger partial charge in [-0.2, -0.15) is 5.26 Å². The summed E-state index contributed by atoms with van der Waals surface area (Å²) >= 11 is 1.59. The van der Waals surface area contributed by atoms with Crippen LogP contribution in [0.4, 0.5) is 0 Å². The van der Waals surface area contributed by atoms with Crippen molar-refractivity contribution in [2.24, 2.45) is 0 Å². The minimum absolute atomic E-state index is 0.0943. The predicted molar refractivity (Wildman–Crippen MR) is 82.7 cm³/mol. The maximum atomic E-state index is 12.2. The first-order valence-corrected chi connectivity index (χ1v) is 7.45. The van der Waals surface area contributed by atoms with Crippen molar-refractivity contribution in [2.75, 3.05) is 0 Å². The van der Waals surface area contributed by atoms with E-state index >= 15 is 0 Å². The third-order valence-electron chi connectivity index (χ3n) is 2.98. The summed E-state index contributed by atoms with van der Waals surface area (Å²) in [6.07, 6.45) is 0. The molecule has 100 valence electrons. The molecular formula is C17H15NOS. The van der Waals surface area contributed by atoms with E-state index in [-0.39, 0.29) is 11.0 Å². The van der Waals surface area contributed by atoms with Crippen LogP contribution in [-0.2, 0) is 5.75 Å². The topological polar surface area (TPSA) is 40.9 Å². The Kier molecular flexibility index (Phi) is 4.97. The van der Waals surface area contributed by atoms with Crippen LogP contribution >= 0.6 is 11.8 Å². The molecule has 20 heavy (non-hydrogen) atoms. The van der Waals surface area contributed by atoms with E-state index in [1.807, 2.05) is 55.5 Å². The molecule has 0 bridgehead atoms. The molecule has 0 saturated heterocycles. The molecule has 0 spiro atoms. The van der Waals surface area contributed by atoms with E-state index in [4.69, 9.17) is 5.26 Å². The van der Waals surface area contributed by atoms with Crippen molar-refractivity contribution in [3.63, 3.8) is 0 Å². The lowest BCUT2D eigenvalue weighted by atomic mass is 10.1. The van der Waals surface area contributed by atoms with Gasteiger partial charge in [-0.3, -0.25) is 4.79 Å². The number of benzene rings is 2. The summed E-state index contributed by atoms with van der Waals surface area (Å²) in [5.41, 5.74) is 2.48. The van der Waals surface area contributed by atoms with Gasteiger partial charge in [-0.15, -0.1) is 11.8 Å². The number of ketones is 1. The van der Waals surface area contributed by atoms with Crippen molar-refractivity contribution in [2.45, 2.75) is 17.9 Å². The number of thioether (sulfide) groups is 1. The summed E-state index contributed by atoms with van der Waals surface area (Å²) in [7, 11) is 0. The van der Waals surface area contributed by atoms with Gasteiger partial charge in [0.15, 0.2) is 5.78 Å². The normalized spacial score (nSPS) is 11.6. The SMILES string of the molecule is CC(SCc1cccc(C#N)c1)C(=O)c1ccccc1. The highest BCUT2D eigenvalue weighted by Gasteiger charge is 2.15. The Hall–Kier alpha value is -2.05. The van der Waals surface area contributed by atoms with Crippen molar-refractivity contribution in [3.8, 4) is 6.07 Å². The predicted octanol–water partition coefficient (Wildman–Crippen LogP) is 4.06. The largest absolute Gasteiger partial charge is 0.293 e. The molecular weight excluding hydrogens is 266 g/mol. The summed E-state index contributed by atoms with van der Waals surface area (Å²) in [6.45, 7) is 1.92. The van der Waals surface area contributed by atoms with Crippen molar-refractivity contribution in [3.05, 3.63) is 71.3 Å². The molecule has 0 saturated carbocycles. The zero-order chi connectivity index (χ0) is 14.4. The highest BCUT2D eigenvalue weighted by molar-refractivity contribution is 7.99. The Balaban J connectivity index is 1.97. The van der Waals surface area contributed by atoms with Gasteiger partial charge < -0.3 is 0 Å². The van der Waals surface area contributed by atoms with E-state index < -0.39 is 0 Å². The van der Waals surface area contributed by atoms with Crippen LogP contribution in [-0.4, -0.2) is 11.0 Å². The van der Waals surface area contributed by atoms with E-state index in [2.05, 4.69) is 6.07 Å². The maximum absolute atomic E-state index is 12.2.